The molecule has 1 heterocycles. The molecule has 0 atom stereocenters. The first kappa shape index (κ1) is 15.6. The molecule has 8 nitrogen and oxygen atoms in total. The monoisotopic (exact) mass is 303 g/mol. The van der Waals surface area contributed by atoms with E-state index in [4.69, 9.17) is 4.74 Å². The number of benzene rings is 1. The highest BCUT2D eigenvalue weighted by Gasteiger charge is 2.25. The minimum absolute atomic E-state index is 0.0735. The van der Waals surface area contributed by atoms with Gasteiger partial charge in [0.2, 0.25) is 5.82 Å². The topological polar surface area (TPSA) is 93.4 Å². The van der Waals surface area contributed by atoms with E-state index in [-0.39, 0.29) is 17.4 Å². The van der Waals surface area contributed by atoms with Gasteiger partial charge in [0.1, 0.15) is 12.1 Å². The van der Waals surface area contributed by atoms with Gasteiger partial charge in [0.25, 0.3) is 0 Å². The molecule has 22 heavy (non-hydrogen) atoms. The molecule has 0 unspecified atom stereocenters. The zero-order valence-corrected chi connectivity index (χ0v) is 12.8. The molecule has 0 aliphatic rings. The van der Waals surface area contributed by atoms with Crippen molar-refractivity contribution in [2.24, 2.45) is 0 Å². The lowest BCUT2D eigenvalue weighted by molar-refractivity contribution is -0.385. The minimum atomic E-state index is -0.566. The number of hydrazine groups is 1. The number of aryl methyl sites for hydroxylation is 2. The van der Waals surface area contributed by atoms with Crippen molar-refractivity contribution in [3.63, 3.8) is 0 Å². The number of rotatable bonds is 5. The molecule has 0 amide bonds. The molecule has 0 aliphatic carbocycles. The second-order valence-electron chi connectivity index (χ2n) is 5.06. The Balaban J connectivity index is 2.43. The summed E-state index contributed by atoms with van der Waals surface area (Å²) >= 11 is 0. The van der Waals surface area contributed by atoms with Gasteiger partial charge in [0, 0.05) is 14.1 Å². The fraction of sp³-hybridized carbons (Fsp3) is 0.286. The Morgan fingerprint density at radius 3 is 2.36 bits per heavy atom. The summed E-state index contributed by atoms with van der Waals surface area (Å²) in [4.78, 5) is 18.6. The first-order valence-electron chi connectivity index (χ1n) is 6.56. The van der Waals surface area contributed by atoms with Crippen molar-refractivity contribution in [2.75, 3.05) is 19.5 Å². The number of ether oxygens (including phenoxy) is 1. The first-order valence-corrected chi connectivity index (χ1v) is 6.56. The summed E-state index contributed by atoms with van der Waals surface area (Å²) in [5.41, 5.74) is 4.45. The van der Waals surface area contributed by atoms with Crippen molar-refractivity contribution in [2.45, 2.75) is 13.8 Å². The van der Waals surface area contributed by atoms with Crippen molar-refractivity contribution >= 4 is 11.5 Å². The molecule has 1 aromatic heterocycles. The molecule has 0 spiro atoms. The number of nitro groups is 1. The summed E-state index contributed by atoms with van der Waals surface area (Å²) < 4.78 is 5.60. The van der Waals surface area contributed by atoms with E-state index in [1.807, 2.05) is 19.9 Å². The molecule has 2 rings (SSSR count). The van der Waals surface area contributed by atoms with Gasteiger partial charge in [-0.1, -0.05) is 6.07 Å². The van der Waals surface area contributed by atoms with Crippen LogP contribution in [-0.2, 0) is 0 Å². The Bertz CT molecular complexity index is 683. The highest BCUT2D eigenvalue weighted by atomic mass is 16.6. The van der Waals surface area contributed by atoms with E-state index in [2.05, 4.69) is 15.4 Å². The molecule has 1 N–H and O–H groups in total. The maximum Gasteiger partial charge on any atom is 0.374 e. The van der Waals surface area contributed by atoms with Gasteiger partial charge in [-0.15, -0.1) is 0 Å². The van der Waals surface area contributed by atoms with Crippen LogP contribution in [0.15, 0.2) is 24.5 Å². The molecule has 2 aromatic rings. The van der Waals surface area contributed by atoms with Crippen molar-refractivity contribution < 1.29 is 9.66 Å². The number of hydrogen-bond acceptors (Lipinski definition) is 7. The summed E-state index contributed by atoms with van der Waals surface area (Å²) in [5.74, 6) is 0.467. The van der Waals surface area contributed by atoms with E-state index in [1.54, 1.807) is 31.2 Å². The second kappa shape index (κ2) is 6.35. The first-order chi connectivity index (χ1) is 10.4. The van der Waals surface area contributed by atoms with Crippen LogP contribution < -0.4 is 10.2 Å². The lowest BCUT2D eigenvalue weighted by Gasteiger charge is -2.13. The largest absolute Gasteiger partial charge is 0.434 e. The van der Waals surface area contributed by atoms with Gasteiger partial charge < -0.3 is 4.74 Å². The maximum atomic E-state index is 11.3. The van der Waals surface area contributed by atoms with E-state index >= 15 is 0 Å². The number of nitrogens with zero attached hydrogens (tertiary/aromatic N) is 4. The molecule has 0 aliphatic heterocycles. The van der Waals surface area contributed by atoms with E-state index in [0.29, 0.717) is 5.75 Å². The predicted molar refractivity (Wildman–Crippen MR) is 82.0 cm³/mol. The quantitative estimate of drug-likeness (QED) is 0.670. The Hall–Kier alpha value is -2.74. The van der Waals surface area contributed by atoms with E-state index in [1.165, 1.54) is 6.33 Å². The van der Waals surface area contributed by atoms with Gasteiger partial charge in [-0.3, -0.25) is 15.5 Å². The molecule has 0 fully saturated rings. The third-order valence-corrected chi connectivity index (χ3v) is 2.71. The SMILES string of the molecule is Cc1cc(C)cc(Oc2ncnc(NN(C)C)c2[N+](=O)[O-])c1. The second-order valence-corrected chi connectivity index (χ2v) is 5.06. The number of hydrogen-bond donors (Lipinski definition) is 1. The molecule has 0 bridgehead atoms. The molecule has 0 saturated carbocycles. The lowest BCUT2D eigenvalue weighted by Crippen LogP contribution is -2.21. The van der Waals surface area contributed by atoms with Crippen LogP contribution in [0.5, 0.6) is 11.6 Å². The van der Waals surface area contributed by atoms with Crippen molar-refractivity contribution in [1.29, 1.82) is 0 Å². The fourth-order valence-corrected chi connectivity index (χ4v) is 2.00. The average Bonchev–Trinajstić information content (AvgIpc) is 2.36. The van der Waals surface area contributed by atoms with Gasteiger partial charge in [-0.2, -0.15) is 4.98 Å². The average molecular weight is 303 g/mol. The van der Waals surface area contributed by atoms with Gasteiger partial charge in [0.15, 0.2) is 0 Å². The molecule has 0 radical (unpaired) electrons. The van der Waals surface area contributed by atoms with Crippen molar-refractivity contribution in [3.8, 4) is 11.6 Å². The van der Waals surface area contributed by atoms with Gasteiger partial charge in [0.05, 0.1) is 4.92 Å². The highest BCUT2D eigenvalue weighted by Crippen LogP contribution is 2.34. The van der Waals surface area contributed by atoms with Crippen LogP contribution in [0.3, 0.4) is 0 Å². The molecular weight excluding hydrogens is 286 g/mol. The van der Waals surface area contributed by atoms with Gasteiger partial charge >= 0.3 is 11.6 Å². The number of aromatic nitrogens is 2. The Morgan fingerprint density at radius 2 is 1.82 bits per heavy atom. The highest BCUT2D eigenvalue weighted by molar-refractivity contribution is 5.61. The minimum Gasteiger partial charge on any atom is -0.434 e. The molecule has 116 valence electrons. The van der Waals surface area contributed by atoms with E-state index in [0.717, 1.165) is 11.1 Å². The molecule has 1 aromatic carbocycles. The predicted octanol–water partition coefficient (Wildman–Crippen LogP) is 2.68. The number of nitrogens with one attached hydrogen (secondary N) is 1. The summed E-state index contributed by atoms with van der Waals surface area (Å²) in [6.07, 6.45) is 1.22. The van der Waals surface area contributed by atoms with Crippen LogP contribution in [0.4, 0.5) is 11.5 Å². The van der Waals surface area contributed by atoms with E-state index in [9.17, 15) is 10.1 Å². The van der Waals surface area contributed by atoms with Crippen LogP contribution in [0.2, 0.25) is 0 Å². The van der Waals surface area contributed by atoms with Crippen molar-refractivity contribution in [3.05, 3.63) is 45.8 Å². The van der Waals surface area contributed by atoms with Gasteiger partial charge in [-0.05, 0) is 37.1 Å². The van der Waals surface area contributed by atoms with Crippen LogP contribution in [0.25, 0.3) is 0 Å². The zero-order valence-electron chi connectivity index (χ0n) is 12.8. The lowest BCUT2D eigenvalue weighted by atomic mass is 10.1. The maximum absolute atomic E-state index is 11.3. The molecular formula is C14H17N5O3. The standard InChI is InChI=1S/C14H17N5O3/c1-9-5-10(2)7-11(6-9)22-14-12(19(20)21)13(15-8-16-14)17-18(3)4/h5-8H,1-4H3,(H,15,16,17). The smallest absolute Gasteiger partial charge is 0.374 e. The number of anilines is 1. The summed E-state index contributed by atoms with van der Waals surface area (Å²) in [5, 5.41) is 12.9. The molecule has 0 saturated heterocycles. The Kier molecular flexibility index (Phi) is 4.52. The Morgan fingerprint density at radius 1 is 1.18 bits per heavy atom. The van der Waals surface area contributed by atoms with Crippen LogP contribution in [-0.4, -0.2) is 34.0 Å². The molecule has 8 heteroatoms. The summed E-state index contributed by atoms with van der Waals surface area (Å²) in [7, 11) is 3.41. The third kappa shape index (κ3) is 3.67. The van der Waals surface area contributed by atoms with E-state index < -0.39 is 4.92 Å². The normalized spacial score (nSPS) is 10.6. The van der Waals surface area contributed by atoms with Crippen LogP contribution >= 0.6 is 0 Å². The summed E-state index contributed by atoms with van der Waals surface area (Å²) in [6, 6.07) is 5.57. The summed E-state index contributed by atoms with van der Waals surface area (Å²) in [6.45, 7) is 3.85. The van der Waals surface area contributed by atoms with Crippen LogP contribution in [0, 0.1) is 24.0 Å². The fourth-order valence-electron chi connectivity index (χ4n) is 2.00. The van der Waals surface area contributed by atoms with Crippen molar-refractivity contribution in [1.82, 2.24) is 15.0 Å². The zero-order chi connectivity index (χ0) is 16.3. The van der Waals surface area contributed by atoms with Gasteiger partial charge in [-0.25, -0.2) is 9.99 Å². The third-order valence-electron chi connectivity index (χ3n) is 2.71. The van der Waals surface area contributed by atoms with Crippen LogP contribution in [0.1, 0.15) is 11.1 Å². The Labute approximate surface area is 127 Å².